The molecule has 0 radical (unpaired) electrons. The van der Waals surface area contributed by atoms with E-state index in [9.17, 15) is 9.90 Å². The summed E-state index contributed by atoms with van der Waals surface area (Å²) in [5.74, 6) is 1.31. The van der Waals surface area contributed by atoms with Crippen molar-refractivity contribution in [2.75, 3.05) is 26.3 Å². The minimum atomic E-state index is -0.887. The fourth-order valence-electron chi connectivity index (χ4n) is 2.59. The number of amides is 2. The molecule has 0 aliphatic carbocycles. The third kappa shape index (κ3) is 6.44. The molecule has 9 heteroatoms. The molecule has 0 bridgehead atoms. The molecule has 1 atom stereocenters. The van der Waals surface area contributed by atoms with Crippen LogP contribution < -0.4 is 15.2 Å². The molecule has 152 valence electrons. The number of benzene rings is 2. The molecule has 0 saturated heterocycles. The third-order valence-corrected chi connectivity index (χ3v) is 4.57. The van der Waals surface area contributed by atoms with Crippen molar-refractivity contribution in [3.05, 3.63) is 60.0 Å². The number of hydrogen-bond acceptors (Lipinski definition) is 7. The van der Waals surface area contributed by atoms with Gasteiger partial charge in [0.15, 0.2) is 0 Å². The fraction of sp³-hybridized carbons (Fsp3) is 0.250. The Morgan fingerprint density at radius 1 is 1.10 bits per heavy atom. The van der Waals surface area contributed by atoms with Crippen LogP contribution in [0.5, 0.6) is 11.5 Å². The van der Waals surface area contributed by atoms with Gasteiger partial charge in [0, 0.05) is 10.9 Å². The summed E-state index contributed by atoms with van der Waals surface area (Å²) in [6, 6.07) is 16.0. The van der Waals surface area contributed by atoms with Crippen molar-refractivity contribution >= 4 is 17.6 Å². The highest BCUT2D eigenvalue weighted by Crippen LogP contribution is 2.21. The number of urea groups is 1. The Bertz CT molecular complexity index is 875. The molecule has 1 heterocycles. The molecular formula is C20H22N4O4S. The second kappa shape index (κ2) is 10.4. The summed E-state index contributed by atoms with van der Waals surface area (Å²) in [4.78, 5) is 13.0. The van der Waals surface area contributed by atoms with E-state index in [0.717, 1.165) is 11.3 Å². The summed E-state index contributed by atoms with van der Waals surface area (Å²) in [7, 11) is 0. The molecule has 29 heavy (non-hydrogen) atoms. The van der Waals surface area contributed by atoms with E-state index >= 15 is 0 Å². The van der Waals surface area contributed by atoms with Crippen LogP contribution >= 0.6 is 11.5 Å². The monoisotopic (exact) mass is 414 g/mol. The fourth-order valence-corrected chi connectivity index (χ4v) is 3.06. The first-order valence-electron chi connectivity index (χ1n) is 9.02. The average Bonchev–Trinajstić information content (AvgIpc) is 3.27. The first-order valence-corrected chi connectivity index (χ1v) is 9.86. The summed E-state index contributed by atoms with van der Waals surface area (Å²) in [6.07, 6.45) is -0.887. The lowest BCUT2D eigenvalue weighted by Crippen LogP contribution is -2.44. The largest absolute Gasteiger partial charge is 0.492 e. The number of para-hydroxylation sites is 1. The SMILES string of the molecule is NC(=O)N(CCOc1ccccc1)CC(O)COc1ccc(-c2csnn2)cc1. The smallest absolute Gasteiger partial charge is 0.314 e. The summed E-state index contributed by atoms with van der Waals surface area (Å²) in [5.41, 5.74) is 7.14. The lowest BCUT2D eigenvalue weighted by Gasteiger charge is -2.23. The van der Waals surface area contributed by atoms with Gasteiger partial charge >= 0.3 is 6.03 Å². The predicted molar refractivity (Wildman–Crippen MR) is 110 cm³/mol. The van der Waals surface area contributed by atoms with Gasteiger partial charge in [-0.15, -0.1) is 5.10 Å². The number of primary amides is 1. The van der Waals surface area contributed by atoms with Gasteiger partial charge in [0.1, 0.15) is 36.5 Å². The standard InChI is InChI=1S/C20H22N4O4S/c21-20(26)24(10-11-27-17-4-2-1-3-5-17)12-16(25)13-28-18-8-6-15(7-9-18)19-14-29-23-22-19/h1-9,14,16,25H,10-13H2,(H2,21,26). The van der Waals surface area contributed by atoms with Gasteiger partial charge in [0.25, 0.3) is 0 Å². The molecule has 0 saturated carbocycles. The number of nitrogens with zero attached hydrogens (tertiary/aromatic N) is 3. The summed E-state index contributed by atoms with van der Waals surface area (Å²) >= 11 is 1.29. The molecule has 8 nitrogen and oxygen atoms in total. The number of ether oxygens (including phenoxy) is 2. The van der Waals surface area contributed by atoms with Crippen LogP contribution in [-0.4, -0.2) is 58.0 Å². The van der Waals surface area contributed by atoms with Crippen LogP contribution in [0.1, 0.15) is 0 Å². The Morgan fingerprint density at radius 3 is 2.48 bits per heavy atom. The zero-order valence-corrected chi connectivity index (χ0v) is 16.5. The third-order valence-electron chi connectivity index (χ3n) is 4.07. The van der Waals surface area contributed by atoms with Gasteiger partial charge < -0.3 is 25.2 Å². The normalized spacial score (nSPS) is 11.6. The zero-order chi connectivity index (χ0) is 20.5. The second-order valence-electron chi connectivity index (χ2n) is 6.23. The minimum Gasteiger partial charge on any atom is -0.492 e. The van der Waals surface area contributed by atoms with E-state index in [1.54, 1.807) is 12.1 Å². The maximum Gasteiger partial charge on any atom is 0.314 e. The molecule has 3 aromatic rings. The number of hydrogen-bond donors (Lipinski definition) is 2. The van der Waals surface area contributed by atoms with Gasteiger partial charge in [-0.25, -0.2) is 4.79 Å². The van der Waals surface area contributed by atoms with Gasteiger partial charge in [-0.2, -0.15) is 0 Å². The molecule has 2 amide bonds. The lowest BCUT2D eigenvalue weighted by molar-refractivity contribution is 0.0746. The van der Waals surface area contributed by atoms with E-state index in [2.05, 4.69) is 9.59 Å². The van der Waals surface area contributed by atoms with Gasteiger partial charge in [0.05, 0.1) is 13.1 Å². The number of aromatic nitrogens is 2. The van der Waals surface area contributed by atoms with Crippen LogP contribution in [0.2, 0.25) is 0 Å². The van der Waals surface area contributed by atoms with Crippen LogP contribution in [0.3, 0.4) is 0 Å². The lowest BCUT2D eigenvalue weighted by atomic mass is 10.2. The Hall–Kier alpha value is -3.17. The van der Waals surface area contributed by atoms with Gasteiger partial charge in [0.2, 0.25) is 0 Å². The van der Waals surface area contributed by atoms with E-state index in [-0.39, 0.29) is 26.3 Å². The highest BCUT2D eigenvalue weighted by atomic mass is 32.1. The molecule has 1 aromatic heterocycles. The van der Waals surface area contributed by atoms with Crippen molar-refractivity contribution in [3.63, 3.8) is 0 Å². The first kappa shape index (κ1) is 20.6. The van der Waals surface area contributed by atoms with Crippen molar-refractivity contribution in [2.24, 2.45) is 5.73 Å². The van der Waals surface area contributed by atoms with Crippen molar-refractivity contribution in [1.82, 2.24) is 14.5 Å². The Labute approximate surface area is 172 Å². The second-order valence-corrected chi connectivity index (χ2v) is 6.83. The Kier molecular flexibility index (Phi) is 7.37. The zero-order valence-electron chi connectivity index (χ0n) is 15.7. The number of carbonyl (C=O) groups is 1. The van der Waals surface area contributed by atoms with Crippen molar-refractivity contribution in [2.45, 2.75) is 6.10 Å². The molecule has 0 fully saturated rings. The number of carbonyl (C=O) groups excluding carboxylic acids is 1. The van der Waals surface area contributed by atoms with Crippen molar-refractivity contribution in [3.8, 4) is 22.8 Å². The van der Waals surface area contributed by atoms with E-state index in [1.807, 2.05) is 47.8 Å². The predicted octanol–water partition coefficient (Wildman–Crippen LogP) is 2.40. The van der Waals surface area contributed by atoms with E-state index < -0.39 is 12.1 Å². The molecular weight excluding hydrogens is 392 g/mol. The highest BCUT2D eigenvalue weighted by molar-refractivity contribution is 7.03. The highest BCUT2D eigenvalue weighted by Gasteiger charge is 2.16. The van der Waals surface area contributed by atoms with E-state index in [1.165, 1.54) is 16.4 Å². The van der Waals surface area contributed by atoms with Crippen LogP contribution in [0.15, 0.2) is 60.0 Å². The minimum absolute atomic E-state index is 0.0287. The summed E-state index contributed by atoms with van der Waals surface area (Å²) < 4.78 is 15.0. The molecule has 3 rings (SSSR count). The van der Waals surface area contributed by atoms with Crippen molar-refractivity contribution < 1.29 is 19.4 Å². The van der Waals surface area contributed by atoms with E-state index in [0.29, 0.717) is 11.5 Å². The van der Waals surface area contributed by atoms with Crippen LogP contribution in [0, 0.1) is 0 Å². The quantitative estimate of drug-likeness (QED) is 0.527. The number of rotatable bonds is 10. The van der Waals surface area contributed by atoms with Crippen LogP contribution in [0.25, 0.3) is 11.3 Å². The maximum absolute atomic E-state index is 11.6. The van der Waals surface area contributed by atoms with E-state index in [4.69, 9.17) is 15.2 Å². The maximum atomic E-state index is 11.6. The number of nitrogens with two attached hydrogens (primary N) is 1. The molecule has 2 aromatic carbocycles. The van der Waals surface area contributed by atoms with Gasteiger partial charge in [-0.05, 0) is 47.9 Å². The molecule has 0 spiro atoms. The molecule has 0 aliphatic heterocycles. The van der Waals surface area contributed by atoms with Crippen LogP contribution in [-0.2, 0) is 0 Å². The summed E-state index contributed by atoms with van der Waals surface area (Å²) in [5, 5.41) is 16.1. The first-order chi connectivity index (χ1) is 14.1. The summed E-state index contributed by atoms with van der Waals surface area (Å²) in [6.45, 7) is 0.613. The topological polar surface area (TPSA) is 111 Å². The molecule has 3 N–H and O–H groups in total. The average molecular weight is 414 g/mol. The molecule has 0 aliphatic rings. The van der Waals surface area contributed by atoms with Gasteiger partial charge in [-0.3, -0.25) is 0 Å². The van der Waals surface area contributed by atoms with Crippen LogP contribution in [0.4, 0.5) is 4.79 Å². The Morgan fingerprint density at radius 2 is 1.83 bits per heavy atom. The van der Waals surface area contributed by atoms with Crippen molar-refractivity contribution in [1.29, 1.82) is 0 Å². The Balaban J connectivity index is 1.43. The number of aliphatic hydroxyl groups excluding tert-OH is 1. The molecule has 1 unspecified atom stereocenters. The van der Waals surface area contributed by atoms with Gasteiger partial charge in [-0.1, -0.05) is 22.7 Å². The number of aliphatic hydroxyl groups is 1.